The normalized spacial score (nSPS) is 11.0. The second-order valence-corrected chi connectivity index (χ2v) is 5.78. The van der Waals surface area contributed by atoms with Gasteiger partial charge in [-0.2, -0.15) is 0 Å². The van der Waals surface area contributed by atoms with Crippen LogP contribution < -0.4 is 0 Å². The Balaban J connectivity index is 2.04. The van der Waals surface area contributed by atoms with Crippen molar-refractivity contribution in [3.8, 4) is 16.9 Å². The van der Waals surface area contributed by atoms with E-state index >= 15 is 0 Å². The molecule has 0 saturated carbocycles. The lowest BCUT2D eigenvalue weighted by molar-refractivity contribution is 0.467. The summed E-state index contributed by atoms with van der Waals surface area (Å²) in [5, 5.41) is 10.6. The summed E-state index contributed by atoms with van der Waals surface area (Å²) < 4.78 is 0. The lowest BCUT2D eigenvalue weighted by atomic mass is 9.97. The molecule has 3 aromatic carbocycles. The molecule has 0 aliphatic carbocycles. The van der Waals surface area contributed by atoms with Crippen molar-refractivity contribution >= 4 is 11.9 Å². The highest BCUT2D eigenvalue weighted by Gasteiger charge is 2.09. The Bertz CT molecular complexity index is 823. The molecule has 0 spiro atoms. The van der Waals surface area contributed by atoms with Gasteiger partial charge in [0, 0.05) is 11.8 Å². The predicted molar refractivity (Wildman–Crippen MR) is 101 cm³/mol. The highest BCUT2D eigenvalue weighted by atomic mass is 16.3. The minimum atomic E-state index is 0.330. The third kappa shape index (κ3) is 3.72. The molecular weight excluding hydrogens is 294 g/mol. The topological polar surface area (TPSA) is 32.6 Å². The van der Waals surface area contributed by atoms with E-state index < -0.39 is 0 Å². The molecule has 24 heavy (non-hydrogen) atoms. The third-order valence-corrected chi connectivity index (χ3v) is 3.95. The maximum atomic E-state index is 10.6. The number of nitrogens with zero attached hydrogens (tertiary/aromatic N) is 1. The zero-order chi connectivity index (χ0) is 16.8. The van der Waals surface area contributed by atoms with Gasteiger partial charge in [0.15, 0.2) is 0 Å². The van der Waals surface area contributed by atoms with Crippen LogP contribution in [-0.2, 0) is 6.42 Å². The van der Waals surface area contributed by atoms with Crippen molar-refractivity contribution in [3.63, 3.8) is 0 Å². The van der Waals surface area contributed by atoms with Gasteiger partial charge < -0.3 is 5.11 Å². The summed E-state index contributed by atoms with van der Waals surface area (Å²) in [5.74, 6) is 0.330. The third-order valence-electron chi connectivity index (χ3n) is 3.95. The summed E-state index contributed by atoms with van der Waals surface area (Å²) in [6.07, 6.45) is 3.58. The van der Waals surface area contributed by atoms with Crippen molar-refractivity contribution in [2.45, 2.75) is 19.8 Å². The second-order valence-electron chi connectivity index (χ2n) is 5.78. The van der Waals surface area contributed by atoms with Gasteiger partial charge in [-0.05, 0) is 47.4 Å². The Morgan fingerprint density at radius 2 is 1.54 bits per heavy atom. The zero-order valence-electron chi connectivity index (χ0n) is 13.8. The van der Waals surface area contributed by atoms with Crippen molar-refractivity contribution in [3.05, 3.63) is 83.9 Å². The number of aliphatic imine (C=N–C) groups is 1. The second kappa shape index (κ2) is 7.60. The minimum Gasteiger partial charge on any atom is -0.507 e. The van der Waals surface area contributed by atoms with Crippen LogP contribution in [0.1, 0.15) is 24.5 Å². The molecule has 3 rings (SSSR count). The molecule has 2 nitrogen and oxygen atoms in total. The largest absolute Gasteiger partial charge is 0.507 e. The number of aryl methyl sites for hydroxylation is 1. The van der Waals surface area contributed by atoms with Crippen LogP contribution in [0.5, 0.6) is 5.75 Å². The fourth-order valence-corrected chi connectivity index (χ4v) is 2.73. The average Bonchev–Trinajstić information content (AvgIpc) is 2.64. The van der Waals surface area contributed by atoms with Crippen molar-refractivity contribution in [2.24, 2.45) is 4.99 Å². The highest BCUT2D eigenvalue weighted by Crippen LogP contribution is 2.30. The summed E-state index contributed by atoms with van der Waals surface area (Å²) >= 11 is 0. The molecule has 0 fully saturated rings. The minimum absolute atomic E-state index is 0.330. The smallest absolute Gasteiger partial charge is 0.127 e. The molecule has 0 saturated heterocycles. The monoisotopic (exact) mass is 315 g/mol. The van der Waals surface area contributed by atoms with Crippen LogP contribution in [0.15, 0.2) is 77.8 Å². The Kier molecular flexibility index (Phi) is 5.07. The molecule has 2 heteroatoms. The lowest BCUT2D eigenvalue weighted by Gasteiger charge is -2.11. The molecule has 0 atom stereocenters. The lowest BCUT2D eigenvalue weighted by Crippen LogP contribution is -1.93. The van der Waals surface area contributed by atoms with Gasteiger partial charge in [-0.1, -0.05) is 61.9 Å². The fraction of sp³-hybridized carbons (Fsp3) is 0.136. The van der Waals surface area contributed by atoms with Gasteiger partial charge in [-0.25, -0.2) is 0 Å². The highest BCUT2D eigenvalue weighted by molar-refractivity contribution is 5.88. The van der Waals surface area contributed by atoms with Gasteiger partial charge in [0.1, 0.15) is 5.75 Å². The van der Waals surface area contributed by atoms with Gasteiger partial charge >= 0.3 is 0 Å². The molecule has 0 aromatic heterocycles. The maximum Gasteiger partial charge on any atom is 0.127 e. The number of para-hydroxylation sites is 1. The van der Waals surface area contributed by atoms with Crippen molar-refractivity contribution in [2.75, 3.05) is 0 Å². The summed E-state index contributed by atoms with van der Waals surface area (Å²) in [5.41, 5.74) is 4.84. The van der Waals surface area contributed by atoms with E-state index in [1.165, 1.54) is 0 Å². The first-order valence-corrected chi connectivity index (χ1v) is 8.28. The van der Waals surface area contributed by atoms with Crippen LogP contribution in [0.4, 0.5) is 5.69 Å². The number of benzene rings is 3. The molecule has 0 bridgehead atoms. The molecule has 0 radical (unpaired) electrons. The van der Waals surface area contributed by atoms with E-state index in [-0.39, 0.29) is 0 Å². The fourth-order valence-electron chi connectivity index (χ4n) is 2.73. The quantitative estimate of drug-likeness (QED) is 0.596. The first kappa shape index (κ1) is 16.0. The molecule has 3 aromatic rings. The van der Waals surface area contributed by atoms with E-state index in [1.54, 1.807) is 6.21 Å². The summed E-state index contributed by atoms with van der Waals surface area (Å²) in [7, 11) is 0. The molecule has 0 amide bonds. The average molecular weight is 315 g/mol. The summed E-state index contributed by atoms with van der Waals surface area (Å²) in [6, 6.07) is 24.1. The van der Waals surface area contributed by atoms with Gasteiger partial charge in [0.25, 0.3) is 0 Å². The molecule has 1 N–H and O–H groups in total. The Labute approximate surface area is 143 Å². The standard InChI is InChI=1S/C22H21NO/c1-2-9-18-14-19(17-10-5-3-6-11-17)15-20(22(18)24)16-23-21-12-7-4-8-13-21/h3-8,10-16,24H,2,9H2,1H3. The van der Waals surface area contributed by atoms with Gasteiger partial charge in [-0.15, -0.1) is 0 Å². The predicted octanol–water partition coefficient (Wildman–Crippen LogP) is 5.76. The molecule has 120 valence electrons. The van der Waals surface area contributed by atoms with Gasteiger partial charge in [-0.3, -0.25) is 4.99 Å². The number of hydrogen-bond acceptors (Lipinski definition) is 2. The van der Waals surface area contributed by atoms with Gasteiger partial charge in [0.2, 0.25) is 0 Å². The molecule has 0 unspecified atom stereocenters. The van der Waals surface area contributed by atoms with E-state index in [9.17, 15) is 5.11 Å². The number of phenolic OH excluding ortho intramolecular Hbond substituents is 1. The zero-order valence-corrected chi connectivity index (χ0v) is 13.8. The Morgan fingerprint density at radius 3 is 2.21 bits per heavy atom. The van der Waals surface area contributed by atoms with E-state index in [4.69, 9.17) is 0 Å². The number of hydrogen-bond donors (Lipinski definition) is 1. The molecule has 0 heterocycles. The van der Waals surface area contributed by atoms with E-state index in [1.807, 2.05) is 54.6 Å². The first-order valence-electron chi connectivity index (χ1n) is 8.28. The maximum absolute atomic E-state index is 10.6. The van der Waals surface area contributed by atoms with Crippen LogP contribution in [0, 0.1) is 0 Å². The van der Waals surface area contributed by atoms with Crippen LogP contribution >= 0.6 is 0 Å². The van der Waals surface area contributed by atoms with Crippen LogP contribution in [0.25, 0.3) is 11.1 Å². The summed E-state index contributed by atoms with van der Waals surface area (Å²) in [4.78, 5) is 4.49. The van der Waals surface area contributed by atoms with Crippen LogP contribution in [0.3, 0.4) is 0 Å². The molecule has 0 aliphatic rings. The number of phenols is 1. The van der Waals surface area contributed by atoms with Crippen molar-refractivity contribution < 1.29 is 5.11 Å². The van der Waals surface area contributed by atoms with Crippen LogP contribution in [-0.4, -0.2) is 11.3 Å². The molecule has 0 aliphatic heterocycles. The van der Waals surface area contributed by atoms with Crippen LogP contribution in [0.2, 0.25) is 0 Å². The van der Waals surface area contributed by atoms with Crippen molar-refractivity contribution in [1.29, 1.82) is 0 Å². The number of aromatic hydroxyl groups is 1. The van der Waals surface area contributed by atoms with E-state index in [0.29, 0.717) is 5.75 Å². The van der Waals surface area contributed by atoms with E-state index in [0.717, 1.165) is 40.8 Å². The van der Waals surface area contributed by atoms with Gasteiger partial charge in [0.05, 0.1) is 5.69 Å². The summed E-state index contributed by atoms with van der Waals surface area (Å²) in [6.45, 7) is 2.12. The Hall–Kier alpha value is -2.87. The Morgan fingerprint density at radius 1 is 0.875 bits per heavy atom. The SMILES string of the molecule is CCCc1cc(-c2ccccc2)cc(C=Nc2ccccc2)c1O. The van der Waals surface area contributed by atoms with Crippen molar-refractivity contribution in [1.82, 2.24) is 0 Å². The van der Waals surface area contributed by atoms with E-state index in [2.05, 4.69) is 30.1 Å². The first-order chi connectivity index (χ1) is 11.8. The molecular formula is C22H21NO. The number of rotatable bonds is 5.